The van der Waals surface area contributed by atoms with Gasteiger partial charge in [-0.2, -0.15) is 0 Å². The van der Waals surface area contributed by atoms with Crippen LogP contribution in [0.3, 0.4) is 0 Å². The van der Waals surface area contributed by atoms with Crippen LogP contribution >= 0.6 is 11.3 Å². The van der Waals surface area contributed by atoms with Gasteiger partial charge in [-0.05, 0) is 24.1 Å². The number of rotatable bonds is 8. The molecule has 1 aliphatic rings. The predicted molar refractivity (Wildman–Crippen MR) is 102 cm³/mol. The Kier molecular flexibility index (Phi) is 6.82. The molecule has 1 aromatic heterocycles. The zero-order chi connectivity index (χ0) is 18.2. The van der Waals surface area contributed by atoms with Crippen molar-refractivity contribution in [3.05, 3.63) is 40.9 Å². The Morgan fingerprint density at radius 3 is 2.77 bits per heavy atom. The number of amides is 1. The number of benzene rings is 1. The Hall–Kier alpha value is -2.16. The first-order valence-electron chi connectivity index (χ1n) is 8.76. The van der Waals surface area contributed by atoms with Crippen LogP contribution in [0.5, 0.6) is 5.75 Å². The number of ether oxygens (including phenoxy) is 1. The summed E-state index contributed by atoms with van der Waals surface area (Å²) in [4.78, 5) is 19.4. The molecule has 3 rings (SSSR count). The van der Waals surface area contributed by atoms with Crippen LogP contribution in [0.25, 0.3) is 0 Å². The van der Waals surface area contributed by atoms with Gasteiger partial charge in [0.25, 0.3) is 5.91 Å². The molecular formula is C18H24N4O3S. The number of nitrogens with zero attached hydrogens (tertiary/aromatic N) is 2. The molecule has 26 heavy (non-hydrogen) atoms. The van der Waals surface area contributed by atoms with Gasteiger partial charge in [0, 0.05) is 32.7 Å². The lowest BCUT2D eigenvalue weighted by atomic mass is 10.1. The van der Waals surface area contributed by atoms with E-state index in [1.54, 1.807) is 18.3 Å². The molecule has 0 saturated carbocycles. The number of anilines is 1. The highest BCUT2D eigenvalue weighted by molar-refractivity contribution is 7.17. The van der Waals surface area contributed by atoms with Gasteiger partial charge in [0.15, 0.2) is 5.13 Å². The fourth-order valence-electron chi connectivity index (χ4n) is 2.68. The molecule has 2 heterocycles. The third-order valence-corrected chi connectivity index (χ3v) is 5.13. The van der Waals surface area contributed by atoms with Gasteiger partial charge in [0.2, 0.25) is 0 Å². The van der Waals surface area contributed by atoms with Crippen molar-refractivity contribution in [1.29, 1.82) is 0 Å². The number of phenolic OH excluding ortho intramolecular Hbond substituents is 1. The molecule has 0 unspecified atom stereocenters. The third-order valence-electron chi connectivity index (χ3n) is 4.17. The number of aromatic nitrogens is 1. The van der Waals surface area contributed by atoms with Crippen LogP contribution in [0.4, 0.5) is 5.13 Å². The molecule has 7 nitrogen and oxygen atoms in total. The van der Waals surface area contributed by atoms with Crippen LogP contribution in [-0.4, -0.2) is 66.8 Å². The fourth-order valence-corrected chi connectivity index (χ4v) is 3.43. The Balaban J connectivity index is 1.37. The van der Waals surface area contributed by atoms with Crippen LogP contribution < -0.4 is 10.6 Å². The number of nitrogens with one attached hydrogen (secondary N) is 2. The van der Waals surface area contributed by atoms with E-state index in [-0.39, 0.29) is 11.7 Å². The second kappa shape index (κ2) is 9.51. The van der Waals surface area contributed by atoms with E-state index < -0.39 is 0 Å². The first-order chi connectivity index (χ1) is 12.7. The molecular weight excluding hydrogens is 352 g/mol. The van der Waals surface area contributed by atoms with Crippen molar-refractivity contribution in [2.75, 3.05) is 51.3 Å². The quantitative estimate of drug-likeness (QED) is 0.648. The number of phenols is 1. The number of morpholine rings is 1. The van der Waals surface area contributed by atoms with Gasteiger partial charge in [-0.1, -0.05) is 23.5 Å². The first kappa shape index (κ1) is 18.6. The first-order valence-corrected chi connectivity index (χ1v) is 9.58. The number of hydrogen-bond acceptors (Lipinski definition) is 7. The van der Waals surface area contributed by atoms with Crippen LogP contribution in [0.1, 0.15) is 15.2 Å². The second-order valence-corrected chi connectivity index (χ2v) is 7.11. The monoisotopic (exact) mass is 376 g/mol. The molecule has 8 heteroatoms. The minimum absolute atomic E-state index is 0.109. The van der Waals surface area contributed by atoms with E-state index in [1.807, 2.05) is 12.1 Å². The fraction of sp³-hybridized carbons (Fsp3) is 0.444. The van der Waals surface area contributed by atoms with Crippen molar-refractivity contribution in [3.8, 4) is 5.75 Å². The largest absolute Gasteiger partial charge is 0.508 e. The van der Waals surface area contributed by atoms with Crippen molar-refractivity contribution >= 4 is 22.4 Å². The van der Waals surface area contributed by atoms with Gasteiger partial charge in [0.1, 0.15) is 10.6 Å². The van der Waals surface area contributed by atoms with Crippen molar-refractivity contribution in [2.45, 2.75) is 6.42 Å². The number of hydrogen-bond donors (Lipinski definition) is 3. The molecule has 0 bridgehead atoms. The summed E-state index contributed by atoms with van der Waals surface area (Å²) >= 11 is 1.37. The molecule has 1 amide bonds. The summed E-state index contributed by atoms with van der Waals surface area (Å²) < 4.78 is 5.33. The summed E-state index contributed by atoms with van der Waals surface area (Å²) in [7, 11) is 0. The van der Waals surface area contributed by atoms with Crippen LogP contribution in [-0.2, 0) is 11.2 Å². The molecule has 140 valence electrons. The normalized spacial score (nSPS) is 14.9. The number of carbonyl (C=O) groups excluding carboxylic acids is 1. The topological polar surface area (TPSA) is 86.7 Å². The lowest BCUT2D eigenvalue weighted by molar-refractivity contribution is 0.0398. The standard InChI is InChI=1S/C18H24N4O3S/c23-15-3-1-14(2-4-15)5-6-19-17(24)16-13-21-18(26-16)20-7-8-22-9-11-25-12-10-22/h1-4,13,23H,5-12H2,(H,19,24)(H,20,21). The minimum Gasteiger partial charge on any atom is -0.508 e. The van der Waals surface area contributed by atoms with Crippen molar-refractivity contribution < 1.29 is 14.6 Å². The maximum atomic E-state index is 12.2. The van der Waals surface area contributed by atoms with E-state index in [0.717, 1.165) is 56.5 Å². The SMILES string of the molecule is O=C(NCCc1ccc(O)cc1)c1cnc(NCCN2CCOCC2)s1. The molecule has 3 N–H and O–H groups in total. The highest BCUT2D eigenvalue weighted by Crippen LogP contribution is 2.17. The van der Waals surface area contributed by atoms with Gasteiger partial charge in [-0.15, -0.1) is 0 Å². The van der Waals surface area contributed by atoms with E-state index in [4.69, 9.17) is 4.74 Å². The molecule has 1 saturated heterocycles. The smallest absolute Gasteiger partial charge is 0.263 e. The van der Waals surface area contributed by atoms with Gasteiger partial charge in [-0.25, -0.2) is 4.98 Å². The van der Waals surface area contributed by atoms with E-state index in [2.05, 4.69) is 20.5 Å². The lowest BCUT2D eigenvalue weighted by Crippen LogP contribution is -2.38. The van der Waals surface area contributed by atoms with Gasteiger partial charge >= 0.3 is 0 Å². The van der Waals surface area contributed by atoms with Crippen molar-refractivity contribution in [3.63, 3.8) is 0 Å². The van der Waals surface area contributed by atoms with Crippen molar-refractivity contribution in [1.82, 2.24) is 15.2 Å². The Bertz CT molecular complexity index is 699. The van der Waals surface area contributed by atoms with Crippen molar-refractivity contribution in [2.24, 2.45) is 0 Å². The summed E-state index contributed by atoms with van der Waals surface area (Å²) in [5.41, 5.74) is 1.07. The maximum Gasteiger partial charge on any atom is 0.263 e. The van der Waals surface area contributed by atoms with Gasteiger partial charge in [0.05, 0.1) is 19.4 Å². The minimum atomic E-state index is -0.109. The van der Waals surface area contributed by atoms with E-state index >= 15 is 0 Å². The zero-order valence-corrected chi connectivity index (χ0v) is 15.4. The maximum absolute atomic E-state index is 12.2. The summed E-state index contributed by atoms with van der Waals surface area (Å²) in [6.45, 7) is 5.81. The van der Waals surface area contributed by atoms with Crippen LogP contribution in [0, 0.1) is 0 Å². The summed E-state index contributed by atoms with van der Waals surface area (Å²) in [6, 6.07) is 7.00. The highest BCUT2D eigenvalue weighted by Gasteiger charge is 2.12. The number of aromatic hydroxyl groups is 1. The zero-order valence-electron chi connectivity index (χ0n) is 14.6. The predicted octanol–water partition coefficient (Wildman–Crippen LogP) is 1.57. The van der Waals surface area contributed by atoms with Gasteiger partial charge in [-0.3, -0.25) is 9.69 Å². The van der Waals surface area contributed by atoms with Crippen LogP contribution in [0.2, 0.25) is 0 Å². The summed E-state index contributed by atoms with van der Waals surface area (Å²) in [6.07, 6.45) is 2.33. The van der Waals surface area contributed by atoms with E-state index in [0.29, 0.717) is 11.4 Å². The molecule has 1 aromatic carbocycles. The average Bonchev–Trinajstić information content (AvgIpc) is 3.13. The lowest BCUT2D eigenvalue weighted by Gasteiger charge is -2.26. The number of thiazole rings is 1. The van der Waals surface area contributed by atoms with Crippen LogP contribution in [0.15, 0.2) is 30.5 Å². The highest BCUT2D eigenvalue weighted by atomic mass is 32.1. The molecule has 1 fully saturated rings. The molecule has 2 aromatic rings. The Labute approximate surface area is 157 Å². The molecule has 0 radical (unpaired) electrons. The average molecular weight is 376 g/mol. The second-order valence-electron chi connectivity index (χ2n) is 6.08. The number of carbonyl (C=O) groups is 1. The van der Waals surface area contributed by atoms with E-state index in [1.165, 1.54) is 11.3 Å². The Morgan fingerprint density at radius 2 is 2.00 bits per heavy atom. The molecule has 1 aliphatic heterocycles. The van der Waals surface area contributed by atoms with Gasteiger partial charge < -0.3 is 20.5 Å². The van der Waals surface area contributed by atoms with E-state index in [9.17, 15) is 9.90 Å². The molecule has 0 aliphatic carbocycles. The third kappa shape index (κ3) is 5.69. The summed E-state index contributed by atoms with van der Waals surface area (Å²) in [5.74, 6) is 0.138. The molecule has 0 spiro atoms. The molecule has 0 atom stereocenters. The summed E-state index contributed by atoms with van der Waals surface area (Å²) in [5, 5.41) is 16.2. The Morgan fingerprint density at radius 1 is 1.23 bits per heavy atom.